The Labute approximate surface area is 310 Å². The van der Waals surface area contributed by atoms with Crippen LogP contribution < -0.4 is 116 Å². The second-order valence-corrected chi connectivity index (χ2v) is 0. The van der Waals surface area contributed by atoms with Crippen molar-refractivity contribution in [1.82, 2.24) is 0 Å². The molecule has 0 bridgehead atoms. The molecule has 0 rings (SSSR count). The number of nitrogens with zero attached hydrogens (tertiary/aromatic N) is 6. The number of rotatable bonds is 0. The minimum Gasteiger partial charge on any atom is -0.512 e. The van der Waals surface area contributed by atoms with Gasteiger partial charge in [0.2, 0.25) is 0 Å². The Kier molecular flexibility index (Phi) is 1750. The molecule has 0 aliphatic heterocycles. The van der Waals surface area contributed by atoms with Crippen molar-refractivity contribution in [2.75, 3.05) is 0 Å². The maximum atomic E-state index is 6.25. The van der Waals surface area contributed by atoms with E-state index in [2.05, 4.69) is 0 Å². The quantitative estimate of drug-likeness (QED) is 0.216. The van der Waals surface area contributed by atoms with Gasteiger partial charge in [-0.1, -0.05) is 0 Å². The molecule has 0 unspecified atom stereocenters. The van der Waals surface area contributed by atoms with Crippen molar-refractivity contribution in [1.29, 1.82) is 31.6 Å². The van der Waals surface area contributed by atoms with Gasteiger partial charge in [0, 0.05) is 116 Å². The maximum absolute atomic E-state index is 6.25. The van der Waals surface area contributed by atoms with Gasteiger partial charge in [0.25, 0.3) is 0 Å². The zero-order valence-electron chi connectivity index (χ0n) is 10.0. The van der Waals surface area contributed by atoms with E-state index in [4.69, 9.17) is 71.0 Å². The van der Waals surface area contributed by atoms with Crippen LogP contribution >= 0.6 is 0 Å². The van der Waals surface area contributed by atoms with E-state index in [1.54, 1.807) is 0 Å². The average Bonchev–Trinajstić information content (AvgIpc) is 2.33. The van der Waals surface area contributed by atoms with Gasteiger partial charge in [0.15, 0.2) is 0 Å². The van der Waals surface area contributed by atoms with E-state index in [0.717, 1.165) is 0 Å². The van der Waals surface area contributed by atoms with E-state index in [1.165, 1.54) is 0 Å². The predicted molar refractivity (Wildman–Crippen MR) is 41.3 cm³/mol. The molecule has 0 atom stereocenters. The van der Waals surface area contributed by atoms with E-state index in [0.29, 0.717) is 0 Å². The van der Waals surface area contributed by atoms with Crippen LogP contribution in [0.15, 0.2) is 0 Å². The largest absolute Gasteiger partial charge is 4.00 e. The molecule has 0 aromatic heterocycles. The van der Waals surface area contributed by atoms with Crippen LogP contribution in [-0.2, 0) is 17.1 Å². The third-order valence-electron chi connectivity index (χ3n) is 0. The molecule has 66 valence electrons. The van der Waals surface area contributed by atoms with E-state index < -0.39 is 0 Å². The summed E-state index contributed by atoms with van der Waals surface area (Å²) in [6.07, 6.45) is 0. The van der Waals surface area contributed by atoms with Crippen molar-refractivity contribution >= 4 is 116 Å². The molecule has 0 saturated carbocycles. The first-order valence-electron chi connectivity index (χ1n) is 1.34. The minimum atomic E-state index is 0. The molecule has 0 aliphatic rings. The molecule has 6 nitrogen and oxygen atoms in total. The van der Waals surface area contributed by atoms with E-state index in [1.807, 2.05) is 0 Å². The van der Waals surface area contributed by atoms with Crippen LogP contribution in [0.4, 0.5) is 0 Å². The fourth-order valence-corrected chi connectivity index (χ4v) is 0. The fraction of sp³-hybridized carbons (Fsp3) is 0. The minimum absolute atomic E-state index is 0. The van der Waals surface area contributed by atoms with Gasteiger partial charge in [0.1, 0.15) is 0 Å². The summed E-state index contributed by atoms with van der Waals surface area (Å²) < 4.78 is 0. The third kappa shape index (κ3) is 329. The number of hydrogen-bond acceptors (Lipinski definition) is 6. The van der Waals surface area contributed by atoms with Crippen molar-refractivity contribution < 1.29 is 133 Å². The van der Waals surface area contributed by atoms with Crippen LogP contribution in [0.1, 0.15) is 0 Å². The van der Waals surface area contributed by atoms with E-state index in [9.17, 15) is 0 Å². The Morgan fingerprint density at radius 1 is 0.353 bits per heavy atom. The van der Waals surface area contributed by atoms with Crippen LogP contribution in [0.25, 0.3) is 0 Å². The Hall–Kier alpha value is 4.68. The molecule has 2 radical (unpaired) electrons. The van der Waals surface area contributed by atoms with Crippen molar-refractivity contribution in [3.8, 4) is 0 Å². The van der Waals surface area contributed by atoms with Gasteiger partial charge in [-0.25, -0.2) is 0 Å². The van der Waals surface area contributed by atoms with Crippen LogP contribution in [0.3, 0.4) is 0 Å². The van der Waals surface area contributed by atoms with Crippen LogP contribution in [0, 0.1) is 71.0 Å². The SMILES string of the molecule is [C-]#N.[C-]#N.[C-]#N.[C-]#N.[C-]#N.[C-]#N.[Fe+4].[Rb+].[Rb+].[Rb].[Rb]. The molecular weight excluding hydrogens is 554 g/mol. The van der Waals surface area contributed by atoms with Gasteiger partial charge in [-0.15, -0.1) is 0 Å². The van der Waals surface area contributed by atoms with Crippen LogP contribution in [0.2, 0.25) is 0 Å². The van der Waals surface area contributed by atoms with Gasteiger partial charge in [-0.2, -0.15) is 0 Å². The molecule has 0 aromatic carbocycles. The first-order valence-corrected chi connectivity index (χ1v) is 1.34. The molecule has 0 amide bonds. The smallest absolute Gasteiger partial charge is 0.512 e. The summed E-state index contributed by atoms with van der Waals surface area (Å²) in [6, 6.07) is 0. The maximum Gasteiger partial charge on any atom is 4.00 e. The zero-order chi connectivity index (χ0) is 12.0. The Bertz CT molecular complexity index is 106. The molecule has 0 heterocycles. The molecule has 0 fully saturated rings. The molecular formula is C6FeN6Rb4. The Morgan fingerprint density at radius 2 is 0.353 bits per heavy atom. The normalized spacial score (nSPS) is 0.706. The molecule has 0 saturated heterocycles. The fourth-order valence-electron chi connectivity index (χ4n) is 0. The van der Waals surface area contributed by atoms with Gasteiger partial charge >= 0.3 is 133 Å². The van der Waals surface area contributed by atoms with Crippen LogP contribution in [0.5, 0.6) is 0 Å². The summed E-state index contributed by atoms with van der Waals surface area (Å²) >= 11 is 0. The molecule has 17 heavy (non-hydrogen) atoms. The molecule has 0 N–H and O–H groups in total. The second-order valence-electron chi connectivity index (χ2n) is 0. The summed E-state index contributed by atoms with van der Waals surface area (Å²) in [5.74, 6) is 0. The van der Waals surface area contributed by atoms with E-state index >= 15 is 0 Å². The first-order chi connectivity index (χ1) is 6.00. The van der Waals surface area contributed by atoms with Crippen LogP contribution in [-0.4, -0.2) is 116 Å². The molecule has 11 heteroatoms. The molecule has 0 aromatic rings. The van der Waals surface area contributed by atoms with Crippen molar-refractivity contribution in [2.24, 2.45) is 0 Å². The van der Waals surface area contributed by atoms with Gasteiger partial charge < -0.3 is 71.0 Å². The summed E-state index contributed by atoms with van der Waals surface area (Å²) in [7, 11) is 0. The van der Waals surface area contributed by atoms with Crippen molar-refractivity contribution in [2.45, 2.75) is 0 Å². The van der Waals surface area contributed by atoms with Gasteiger partial charge in [-0.3, -0.25) is 0 Å². The Balaban J connectivity index is -0.00000000267. The second kappa shape index (κ2) is 366. The van der Waals surface area contributed by atoms with Gasteiger partial charge in [0.05, 0.1) is 0 Å². The molecule has 0 spiro atoms. The standard InChI is InChI=1S/6CN.Fe.4Rb/c6*1-2;;;;;/q6*-1;+4;;;2*+1. The summed E-state index contributed by atoms with van der Waals surface area (Å²) in [5.41, 5.74) is 0. The zero-order valence-corrected chi connectivity index (χ0v) is 30.8. The third-order valence-corrected chi connectivity index (χ3v) is 0. The average molecular weight is 554 g/mol. The van der Waals surface area contributed by atoms with Gasteiger partial charge in [-0.05, 0) is 0 Å². The first kappa shape index (κ1) is 81.3. The summed E-state index contributed by atoms with van der Waals surface area (Å²) in [4.78, 5) is 0. The number of hydrogen-bond donors (Lipinski definition) is 0. The predicted octanol–water partition coefficient (Wildman–Crippen LogP) is -6.18. The molecule has 0 aliphatic carbocycles. The monoisotopic (exact) mass is 552 g/mol. The topological polar surface area (TPSA) is 143 Å². The van der Waals surface area contributed by atoms with Crippen molar-refractivity contribution in [3.05, 3.63) is 39.4 Å². The summed E-state index contributed by atoms with van der Waals surface area (Å²) in [6.45, 7) is 28.5. The summed E-state index contributed by atoms with van der Waals surface area (Å²) in [5, 5.41) is 37.5. The van der Waals surface area contributed by atoms with Crippen molar-refractivity contribution in [3.63, 3.8) is 0 Å². The Morgan fingerprint density at radius 3 is 0.353 bits per heavy atom. The van der Waals surface area contributed by atoms with E-state index in [-0.39, 0.29) is 250 Å².